The molecule has 2 saturated heterocycles. The number of nitrogens with zero attached hydrogens (tertiary/aromatic N) is 2. The summed E-state index contributed by atoms with van der Waals surface area (Å²) in [5, 5.41) is 0. The first kappa shape index (κ1) is 16.7. The lowest BCUT2D eigenvalue weighted by Gasteiger charge is -2.37. The van der Waals surface area contributed by atoms with Crippen molar-refractivity contribution in [3.63, 3.8) is 0 Å². The summed E-state index contributed by atoms with van der Waals surface area (Å²) >= 11 is 0. The van der Waals surface area contributed by atoms with E-state index < -0.39 is 0 Å². The molecule has 0 aromatic rings. The number of ether oxygens (including phenoxy) is 2. The fourth-order valence-electron chi connectivity index (χ4n) is 3.24. The molecule has 5 nitrogen and oxygen atoms in total. The number of rotatable bonds is 5. The standard InChI is InChI=1S/C16H30N2O3/c1-13(2)18-8-9-21-15(11-18)10-16(19)17-6-4-14(5-7-17)12-20-3/h13-15H,4-12H2,1-3H3. The summed E-state index contributed by atoms with van der Waals surface area (Å²) < 4.78 is 11.0. The third kappa shape index (κ3) is 4.94. The highest BCUT2D eigenvalue weighted by molar-refractivity contribution is 5.76. The predicted molar refractivity (Wildman–Crippen MR) is 82.2 cm³/mol. The largest absolute Gasteiger partial charge is 0.384 e. The van der Waals surface area contributed by atoms with E-state index in [0.29, 0.717) is 18.4 Å². The second-order valence-corrected chi connectivity index (χ2v) is 6.57. The Morgan fingerprint density at radius 3 is 2.62 bits per heavy atom. The second-order valence-electron chi connectivity index (χ2n) is 6.57. The summed E-state index contributed by atoms with van der Waals surface area (Å²) in [6, 6.07) is 0.524. The molecule has 0 aromatic carbocycles. The van der Waals surface area contributed by atoms with Gasteiger partial charge in [-0.15, -0.1) is 0 Å². The lowest BCUT2D eigenvalue weighted by atomic mass is 9.97. The molecule has 0 bridgehead atoms. The minimum absolute atomic E-state index is 0.0605. The van der Waals surface area contributed by atoms with Crippen molar-refractivity contribution in [3.05, 3.63) is 0 Å². The molecule has 2 fully saturated rings. The van der Waals surface area contributed by atoms with Crippen molar-refractivity contribution < 1.29 is 14.3 Å². The van der Waals surface area contributed by atoms with E-state index in [0.717, 1.165) is 52.2 Å². The van der Waals surface area contributed by atoms with Crippen LogP contribution in [0.1, 0.15) is 33.1 Å². The average molecular weight is 298 g/mol. The normalized spacial score (nSPS) is 25.5. The van der Waals surface area contributed by atoms with Crippen LogP contribution in [0.3, 0.4) is 0 Å². The van der Waals surface area contributed by atoms with Gasteiger partial charge in [-0.25, -0.2) is 0 Å². The summed E-state index contributed by atoms with van der Waals surface area (Å²) in [7, 11) is 1.75. The Morgan fingerprint density at radius 2 is 2.00 bits per heavy atom. The van der Waals surface area contributed by atoms with E-state index in [9.17, 15) is 4.79 Å². The van der Waals surface area contributed by atoms with Crippen LogP contribution in [0.4, 0.5) is 0 Å². The van der Waals surface area contributed by atoms with Gasteiger partial charge in [-0.05, 0) is 32.6 Å². The summed E-state index contributed by atoms with van der Waals surface area (Å²) in [5.41, 5.74) is 0. The lowest BCUT2D eigenvalue weighted by Crippen LogP contribution is -2.48. The number of morpholine rings is 1. The highest BCUT2D eigenvalue weighted by Gasteiger charge is 2.28. The predicted octanol–water partition coefficient (Wildman–Crippen LogP) is 1.37. The van der Waals surface area contributed by atoms with Crippen molar-refractivity contribution in [3.8, 4) is 0 Å². The van der Waals surface area contributed by atoms with Gasteiger partial charge in [0.15, 0.2) is 0 Å². The molecule has 1 unspecified atom stereocenters. The van der Waals surface area contributed by atoms with Gasteiger partial charge in [0.1, 0.15) is 0 Å². The molecule has 2 aliphatic rings. The molecule has 2 heterocycles. The van der Waals surface area contributed by atoms with E-state index >= 15 is 0 Å². The molecule has 5 heteroatoms. The topological polar surface area (TPSA) is 42.0 Å². The molecule has 0 saturated carbocycles. The molecule has 1 atom stereocenters. The first-order valence-electron chi connectivity index (χ1n) is 8.22. The first-order chi connectivity index (χ1) is 10.1. The maximum atomic E-state index is 12.4. The van der Waals surface area contributed by atoms with Crippen LogP contribution in [0.2, 0.25) is 0 Å². The fraction of sp³-hybridized carbons (Fsp3) is 0.938. The van der Waals surface area contributed by atoms with Crippen molar-refractivity contribution in [1.82, 2.24) is 9.80 Å². The Bertz CT molecular complexity index is 327. The minimum atomic E-state index is 0.0605. The summed E-state index contributed by atoms with van der Waals surface area (Å²) in [4.78, 5) is 16.8. The molecule has 0 spiro atoms. The van der Waals surface area contributed by atoms with Gasteiger partial charge in [0.2, 0.25) is 5.91 Å². The summed E-state index contributed by atoms with van der Waals surface area (Å²) in [6.07, 6.45) is 2.70. The molecule has 0 N–H and O–H groups in total. The van der Waals surface area contributed by atoms with Crippen LogP contribution in [0.5, 0.6) is 0 Å². The zero-order valence-electron chi connectivity index (χ0n) is 13.7. The maximum absolute atomic E-state index is 12.4. The number of amides is 1. The summed E-state index contributed by atoms with van der Waals surface area (Å²) in [5.74, 6) is 0.864. The van der Waals surface area contributed by atoms with Gasteiger partial charge in [-0.1, -0.05) is 0 Å². The number of likely N-dealkylation sites (tertiary alicyclic amines) is 1. The van der Waals surface area contributed by atoms with Crippen LogP contribution in [0.25, 0.3) is 0 Å². The Kier molecular flexibility index (Phi) is 6.45. The van der Waals surface area contributed by atoms with Crippen LogP contribution in [-0.2, 0) is 14.3 Å². The Morgan fingerprint density at radius 1 is 1.29 bits per heavy atom. The maximum Gasteiger partial charge on any atom is 0.225 e. The second kappa shape index (κ2) is 8.11. The Labute approximate surface area is 128 Å². The van der Waals surface area contributed by atoms with Crippen LogP contribution < -0.4 is 0 Å². The van der Waals surface area contributed by atoms with E-state index in [2.05, 4.69) is 18.7 Å². The molecule has 122 valence electrons. The molecular weight excluding hydrogens is 268 g/mol. The van der Waals surface area contributed by atoms with Gasteiger partial charge >= 0.3 is 0 Å². The zero-order chi connectivity index (χ0) is 15.2. The number of methoxy groups -OCH3 is 1. The van der Waals surface area contributed by atoms with Crippen LogP contribution in [-0.4, -0.2) is 74.4 Å². The molecule has 2 rings (SSSR count). The SMILES string of the molecule is COCC1CCN(C(=O)CC2CN(C(C)C)CCO2)CC1. The number of piperidine rings is 1. The summed E-state index contributed by atoms with van der Waals surface area (Å²) in [6.45, 7) is 9.55. The number of hydrogen-bond donors (Lipinski definition) is 0. The van der Waals surface area contributed by atoms with E-state index in [1.54, 1.807) is 7.11 Å². The highest BCUT2D eigenvalue weighted by atomic mass is 16.5. The van der Waals surface area contributed by atoms with Crippen LogP contribution >= 0.6 is 0 Å². The van der Waals surface area contributed by atoms with Crippen molar-refractivity contribution in [1.29, 1.82) is 0 Å². The molecule has 0 aromatic heterocycles. The Hall–Kier alpha value is -0.650. The third-order valence-electron chi connectivity index (χ3n) is 4.67. The minimum Gasteiger partial charge on any atom is -0.384 e. The van der Waals surface area contributed by atoms with Crippen molar-refractivity contribution >= 4 is 5.91 Å². The van der Waals surface area contributed by atoms with Crippen molar-refractivity contribution in [2.75, 3.05) is 46.5 Å². The lowest BCUT2D eigenvalue weighted by molar-refractivity contribution is -0.138. The van der Waals surface area contributed by atoms with Gasteiger partial charge < -0.3 is 14.4 Å². The smallest absolute Gasteiger partial charge is 0.225 e. The quantitative estimate of drug-likeness (QED) is 0.769. The van der Waals surface area contributed by atoms with Gasteiger partial charge in [0, 0.05) is 45.9 Å². The molecule has 1 amide bonds. The van der Waals surface area contributed by atoms with Gasteiger partial charge in [0.25, 0.3) is 0 Å². The van der Waals surface area contributed by atoms with Crippen molar-refractivity contribution in [2.24, 2.45) is 5.92 Å². The third-order valence-corrected chi connectivity index (χ3v) is 4.67. The van der Waals surface area contributed by atoms with E-state index in [1.807, 2.05) is 4.90 Å². The highest BCUT2D eigenvalue weighted by Crippen LogP contribution is 2.19. The zero-order valence-corrected chi connectivity index (χ0v) is 13.7. The van der Waals surface area contributed by atoms with E-state index in [4.69, 9.17) is 9.47 Å². The average Bonchev–Trinajstić information content (AvgIpc) is 2.48. The molecule has 2 aliphatic heterocycles. The van der Waals surface area contributed by atoms with Gasteiger partial charge in [-0.3, -0.25) is 9.69 Å². The molecule has 0 radical (unpaired) electrons. The molecular formula is C16H30N2O3. The fourth-order valence-corrected chi connectivity index (χ4v) is 3.24. The Balaban J connectivity index is 1.74. The monoisotopic (exact) mass is 298 g/mol. The molecule has 21 heavy (non-hydrogen) atoms. The van der Waals surface area contributed by atoms with Crippen molar-refractivity contribution in [2.45, 2.75) is 45.3 Å². The first-order valence-corrected chi connectivity index (χ1v) is 8.22. The van der Waals surface area contributed by atoms with Gasteiger partial charge in [0.05, 0.1) is 19.1 Å². The number of carbonyl (C=O) groups excluding carboxylic acids is 1. The van der Waals surface area contributed by atoms with Crippen LogP contribution in [0.15, 0.2) is 0 Å². The number of carbonyl (C=O) groups is 1. The number of hydrogen-bond acceptors (Lipinski definition) is 4. The van der Waals surface area contributed by atoms with E-state index in [-0.39, 0.29) is 12.0 Å². The molecule has 0 aliphatic carbocycles. The van der Waals surface area contributed by atoms with Gasteiger partial charge in [-0.2, -0.15) is 0 Å². The van der Waals surface area contributed by atoms with E-state index in [1.165, 1.54) is 0 Å². The van der Waals surface area contributed by atoms with Crippen LogP contribution in [0, 0.1) is 5.92 Å².